The van der Waals surface area contributed by atoms with Crippen molar-refractivity contribution < 1.29 is 23.1 Å². The molecule has 8 heteroatoms. The Bertz CT molecular complexity index is 1210. The Balaban J connectivity index is 1.73. The molecule has 2 aromatic rings. The quantitative estimate of drug-likeness (QED) is 0.767. The van der Waals surface area contributed by atoms with Gasteiger partial charge in [-0.1, -0.05) is 54.3 Å². The van der Waals surface area contributed by atoms with Crippen LogP contribution in [0.25, 0.3) is 0 Å². The largest absolute Gasteiger partial charge is 0.478 e. The second-order valence-corrected chi connectivity index (χ2v) is 7.79. The molecule has 0 fully saturated rings. The minimum atomic E-state index is -4.23. The Morgan fingerprint density at radius 2 is 1.50 bits per heavy atom. The van der Waals surface area contributed by atoms with Crippen LogP contribution in [0.4, 0.5) is 0 Å². The van der Waals surface area contributed by atoms with Crippen LogP contribution in [0.1, 0.15) is 21.5 Å². The van der Waals surface area contributed by atoms with Crippen molar-refractivity contribution in [3.63, 3.8) is 0 Å². The van der Waals surface area contributed by atoms with Gasteiger partial charge in [0.2, 0.25) is 0 Å². The second-order valence-electron chi connectivity index (χ2n) is 6.14. The molecule has 3 rings (SSSR count). The molecule has 0 spiro atoms. The number of aromatic carboxylic acids is 1. The minimum absolute atomic E-state index is 0.135. The lowest BCUT2D eigenvalue weighted by atomic mass is 10.1. The highest BCUT2D eigenvalue weighted by molar-refractivity contribution is 7.87. The summed E-state index contributed by atoms with van der Waals surface area (Å²) in [5.74, 6) is 3.57. The van der Waals surface area contributed by atoms with Crippen LogP contribution in [0.2, 0.25) is 0 Å². The molecule has 2 aromatic carbocycles. The average Bonchev–Trinajstić information content (AvgIpc) is 2.73. The van der Waals surface area contributed by atoms with E-state index in [1.165, 1.54) is 12.1 Å². The van der Waals surface area contributed by atoms with E-state index in [0.717, 1.165) is 22.1 Å². The summed E-state index contributed by atoms with van der Waals surface area (Å²) >= 11 is 0. The molecule has 1 aliphatic heterocycles. The fourth-order valence-corrected chi connectivity index (χ4v) is 3.52. The van der Waals surface area contributed by atoms with Crippen molar-refractivity contribution in [3.8, 4) is 23.9 Å². The van der Waals surface area contributed by atoms with Gasteiger partial charge >= 0.3 is 16.2 Å². The normalized spacial score (nSPS) is 14.3. The maximum Gasteiger partial charge on any atom is 0.351 e. The van der Waals surface area contributed by atoms with Gasteiger partial charge in [-0.15, -0.1) is 4.31 Å². The van der Waals surface area contributed by atoms with E-state index in [2.05, 4.69) is 23.9 Å². The maximum atomic E-state index is 12.6. The van der Waals surface area contributed by atoms with Crippen molar-refractivity contribution in [1.29, 1.82) is 0 Å². The zero-order chi connectivity index (χ0) is 21.6. The van der Waals surface area contributed by atoms with Gasteiger partial charge in [0, 0.05) is 37.2 Å². The van der Waals surface area contributed by atoms with Gasteiger partial charge < -0.3 is 5.11 Å². The van der Waals surface area contributed by atoms with Gasteiger partial charge in [0.15, 0.2) is 0 Å². The van der Waals surface area contributed by atoms with E-state index in [1.54, 1.807) is 12.1 Å². The van der Waals surface area contributed by atoms with Crippen molar-refractivity contribution in [1.82, 2.24) is 8.61 Å². The molecular formula is C22H16N2O5S. The predicted molar refractivity (Wildman–Crippen MR) is 110 cm³/mol. The first-order valence-corrected chi connectivity index (χ1v) is 10.2. The molecule has 0 bridgehead atoms. The van der Waals surface area contributed by atoms with Crippen LogP contribution >= 0.6 is 0 Å². The minimum Gasteiger partial charge on any atom is -0.478 e. The van der Waals surface area contributed by atoms with Crippen molar-refractivity contribution in [2.75, 3.05) is 0 Å². The highest BCUT2D eigenvalue weighted by Crippen LogP contribution is 2.14. The fraction of sp³-hybridized carbons (Fsp3) is 0.0909. The van der Waals surface area contributed by atoms with Crippen molar-refractivity contribution >= 4 is 22.1 Å². The summed E-state index contributed by atoms with van der Waals surface area (Å²) in [4.78, 5) is 22.9. The number of carboxylic acid groups (broad SMARTS) is 1. The topological polar surface area (TPSA) is 95.0 Å². The van der Waals surface area contributed by atoms with Gasteiger partial charge in [-0.2, -0.15) is 12.7 Å². The van der Waals surface area contributed by atoms with Gasteiger partial charge in [-0.25, -0.2) is 4.79 Å². The Morgan fingerprint density at radius 1 is 0.900 bits per heavy atom. The van der Waals surface area contributed by atoms with Gasteiger partial charge in [-0.05, 0) is 23.3 Å². The van der Waals surface area contributed by atoms with Gasteiger partial charge in [0.1, 0.15) is 0 Å². The first-order valence-electron chi connectivity index (χ1n) is 8.78. The zero-order valence-corrected chi connectivity index (χ0v) is 16.5. The summed E-state index contributed by atoms with van der Waals surface area (Å²) in [5.41, 5.74) is 1.75. The molecule has 7 nitrogen and oxygen atoms in total. The highest BCUT2D eigenvalue weighted by Gasteiger charge is 2.33. The highest BCUT2D eigenvalue weighted by atomic mass is 32.2. The Hall–Kier alpha value is -4.01. The fourth-order valence-electron chi connectivity index (χ4n) is 2.48. The molecule has 0 unspecified atom stereocenters. The van der Waals surface area contributed by atoms with E-state index in [9.17, 15) is 18.0 Å². The molecule has 0 aromatic heterocycles. The molecule has 0 saturated carbocycles. The predicted octanol–water partition coefficient (Wildman–Crippen LogP) is 1.99. The molecule has 30 heavy (non-hydrogen) atoms. The number of nitrogens with zero attached hydrogens (tertiary/aromatic N) is 2. The molecule has 1 N–H and O–H groups in total. The zero-order valence-electron chi connectivity index (χ0n) is 15.6. The number of carbonyl (C=O) groups is 2. The summed E-state index contributed by atoms with van der Waals surface area (Å²) < 4.78 is 26.5. The molecule has 1 amide bonds. The lowest BCUT2D eigenvalue weighted by Gasteiger charge is -2.23. The van der Waals surface area contributed by atoms with E-state index in [0.29, 0.717) is 16.3 Å². The molecule has 1 aliphatic rings. The number of benzene rings is 2. The standard InChI is InChI=1S/C22H16N2O5S/c25-21-14-17-23(15-4-8-18-6-2-1-3-7-18)30(28,29)24(21)16-5-9-19-10-12-20(13-11-19)22(26)27/h1-3,6-7,10-14,17H,8-9H2,(H,26,27). The molecule has 0 aliphatic carbocycles. The van der Waals surface area contributed by atoms with E-state index >= 15 is 0 Å². The molecular weight excluding hydrogens is 404 g/mol. The molecule has 0 atom stereocenters. The number of carboxylic acids is 1. The van der Waals surface area contributed by atoms with E-state index in [1.807, 2.05) is 30.3 Å². The molecule has 0 saturated heterocycles. The summed E-state index contributed by atoms with van der Waals surface area (Å²) in [7, 11) is -4.23. The summed E-state index contributed by atoms with van der Waals surface area (Å²) in [6.45, 7) is 0. The smallest absolute Gasteiger partial charge is 0.351 e. The van der Waals surface area contributed by atoms with Gasteiger partial charge in [0.05, 0.1) is 5.56 Å². The van der Waals surface area contributed by atoms with Gasteiger partial charge in [-0.3, -0.25) is 4.79 Å². The molecule has 150 valence electrons. The lowest BCUT2D eigenvalue weighted by molar-refractivity contribution is -0.119. The van der Waals surface area contributed by atoms with Crippen LogP contribution in [0.15, 0.2) is 66.9 Å². The van der Waals surface area contributed by atoms with E-state index < -0.39 is 22.1 Å². The third kappa shape index (κ3) is 4.88. The summed E-state index contributed by atoms with van der Waals surface area (Å²) in [6, 6.07) is 20.2. The number of rotatable bonds is 3. The van der Waals surface area contributed by atoms with Crippen molar-refractivity contribution in [2.45, 2.75) is 12.8 Å². The summed E-state index contributed by atoms with van der Waals surface area (Å²) in [5, 5.41) is 8.90. The number of hydrogen-bond acceptors (Lipinski definition) is 4. The van der Waals surface area contributed by atoms with Crippen molar-refractivity contribution in [3.05, 3.63) is 83.6 Å². The number of amides is 1. The third-order valence-corrected chi connectivity index (χ3v) is 5.47. The average molecular weight is 420 g/mol. The first-order chi connectivity index (χ1) is 14.4. The maximum absolute atomic E-state index is 12.6. The van der Waals surface area contributed by atoms with E-state index in [-0.39, 0.29) is 12.0 Å². The van der Waals surface area contributed by atoms with Crippen LogP contribution in [0.3, 0.4) is 0 Å². The number of carbonyl (C=O) groups excluding carboxylic acids is 1. The van der Waals surface area contributed by atoms with Crippen molar-refractivity contribution in [2.24, 2.45) is 0 Å². The summed E-state index contributed by atoms with van der Waals surface area (Å²) in [6.07, 6.45) is 2.67. The van der Waals surface area contributed by atoms with Crippen LogP contribution < -0.4 is 0 Å². The molecule has 0 radical (unpaired) electrons. The van der Waals surface area contributed by atoms with Crippen LogP contribution in [0, 0.1) is 23.9 Å². The Morgan fingerprint density at radius 3 is 2.13 bits per heavy atom. The van der Waals surface area contributed by atoms with Gasteiger partial charge in [0.25, 0.3) is 5.91 Å². The number of hydrogen-bond donors (Lipinski definition) is 1. The monoisotopic (exact) mass is 420 g/mol. The van der Waals surface area contributed by atoms with Crippen LogP contribution in [0.5, 0.6) is 0 Å². The lowest BCUT2D eigenvalue weighted by Crippen LogP contribution is -2.42. The first kappa shape index (κ1) is 20.7. The second kappa shape index (κ2) is 8.99. The Labute approximate surface area is 174 Å². The molecule has 1 heterocycles. The SMILES string of the molecule is O=C(O)c1ccc(CC#CN2C(=O)C=CN(C#CCc3ccccc3)S2(=O)=O)cc1. The van der Waals surface area contributed by atoms with Crippen LogP contribution in [-0.4, -0.2) is 34.0 Å². The third-order valence-electron chi connectivity index (χ3n) is 4.03. The van der Waals surface area contributed by atoms with Crippen LogP contribution in [-0.2, 0) is 27.8 Å². The van der Waals surface area contributed by atoms with E-state index in [4.69, 9.17) is 5.11 Å². The Kier molecular flexibility index (Phi) is 6.21.